The fourth-order valence-electron chi connectivity index (χ4n) is 2.62. The minimum Gasteiger partial charge on any atom is -0.361 e. The minimum absolute atomic E-state index is 1.04. The molecule has 0 unspecified atom stereocenters. The SMILES string of the molecule is Cn1nc(-c2ccc3cc[nH]c3c2)c2ccccc21. The standard InChI is InChI=1S/C16H13N3/c1-19-15-5-3-2-4-13(15)16(18-19)12-7-6-11-8-9-17-14(11)10-12/h2-10,17H,1H3. The average molecular weight is 247 g/mol. The third-order valence-electron chi connectivity index (χ3n) is 3.59. The number of fused-ring (bicyclic) bond motifs is 2. The second kappa shape index (κ2) is 3.72. The first-order valence-electron chi connectivity index (χ1n) is 6.32. The maximum absolute atomic E-state index is 4.65. The Labute approximate surface area is 110 Å². The Bertz CT molecular complexity index is 883. The molecule has 1 N–H and O–H groups in total. The highest BCUT2D eigenvalue weighted by Gasteiger charge is 2.10. The molecule has 0 saturated heterocycles. The molecule has 2 aromatic heterocycles. The van der Waals surface area contributed by atoms with Crippen LogP contribution in [-0.4, -0.2) is 14.8 Å². The first kappa shape index (κ1) is 10.4. The van der Waals surface area contributed by atoms with Crippen LogP contribution in [0.1, 0.15) is 0 Å². The number of hydrogen-bond acceptors (Lipinski definition) is 1. The number of H-pyrrole nitrogens is 1. The fraction of sp³-hybridized carbons (Fsp3) is 0.0625. The lowest BCUT2D eigenvalue weighted by molar-refractivity contribution is 0.800. The molecule has 0 atom stereocenters. The van der Waals surface area contributed by atoms with Crippen LogP contribution in [0, 0.1) is 0 Å². The number of aryl methyl sites for hydroxylation is 1. The smallest absolute Gasteiger partial charge is 0.100 e. The van der Waals surface area contributed by atoms with Crippen LogP contribution in [0.15, 0.2) is 54.7 Å². The predicted octanol–water partition coefficient (Wildman–Crippen LogP) is 3.72. The number of para-hydroxylation sites is 1. The maximum atomic E-state index is 4.65. The van der Waals surface area contributed by atoms with E-state index in [1.807, 2.05) is 24.0 Å². The Hall–Kier alpha value is -2.55. The van der Waals surface area contributed by atoms with Crippen LogP contribution < -0.4 is 0 Å². The zero-order chi connectivity index (χ0) is 12.8. The van der Waals surface area contributed by atoms with E-state index in [-0.39, 0.29) is 0 Å². The average Bonchev–Trinajstić information content (AvgIpc) is 3.03. The summed E-state index contributed by atoms with van der Waals surface area (Å²) in [6, 6.07) is 16.8. The predicted molar refractivity (Wildman–Crippen MR) is 78.0 cm³/mol. The van der Waals surface area contributed by atoms with Crippen molar-refractivity contribution in [2.45, 2.75) is 0 Å². The second-order valence-electron chi connectivity index (χ2n) is 4.77. The van der Waals surface area contributed by atoms with Crippen LogP contribution >= 0.6 is 0 Å². The summed E-state index contributed by atoms with van der Waals surface area (Å²) in [4.78, 5) is 3.25. The molecule has 0 fully saturated rings. The van der Waals surface area contributed by atoms with Gasteiger partial charge in [0.05, 0.1) is 5.52 Å². The Kier molecular flexibility index (Phi) is 2.03. The lowest BCUT2D eigenvalue weighted by atomic mass is 10.1. The zero-order valence-corrected chi connectivity index (χ0v) is 10.6. The molecule has 3 nitrogen and oxygen atoms in total. The van der Waals surface area contributed by atoms with Crippen molar-refractivity contribution >= 4 is 21.8 Å². The van der Waals surface area contributed by atoms with Gasteiger partial charge < -0.3 is 4.98 Å². The van der Waals surface area contributed by atoms with E-state index in [4.69, 9.17) is 0 Å². The third-order valence-corrected chi connectivity index (χ3v) is 3.59. The van der Waals surface area contributed by atoms with Crippen molar-refractivity contribution < 1.29 is 0 Å². The van der Waals surface area contributed by atoms with E-state index < -0.39 is 0 Å². The first-order chi connectivity index (χ1) is 9.33. The van der Waals surface area contributed by atoms with Gasteiger partial charge in [-0.2, -0.15) is 5.10 Å². The summed E-state index contributed by atoms with van der Waals surface area (Å²) in [7, 11) is 1.99. The molecule has 0 bridgehead atoms. The van der Waals surface area contributed by atoms with Crippen LogP contribution in [0.25, 0.3) is 33.1 Å². The number of hydrogen-bond donors (Lipinski definition) is 1. The van der Waals surface area contributed by atoms with Crippen molar-refractivity contribution in [2.75, 3.05) is 0 Å². The van der Waals surface area contributed by atoms with E-state index in [0.29, 0.717) is 0 Å². The lowest BCUT2D eigenvalue weighted by Gasteiger charge is -1.98. The lowest BCUT2D eigenvalue weighted by Crippen LogP contribution is -1.89. The summed E-state index contributed by atoms with van der Waals surface area (Å²) in [5.41, 5.74) is 4.48. The molecule has 0 spiro atoms. The highest BCUT2D eigenvalue weighted by atomic mass is 15.3. The summed E-state index contributed by atoms with van der Waals surface area (Å²) in [6.45, 7) is 0. The molecule has 0 saturated carbocycles. The van der Waals surface area contributed by atoms with Crippen LogP contribution in [0.4, 0.5) is 0 Å². The Morgan fingerprint density at radius 3 is 2.89 bits per heavy atom. The molecule has 2 heterocycles. The third kappa shape index (κ3) is 1.48. The van der Waals surface area contributed by atoms with Gasteiger partial charge >= 0.3 is 0 Å². The second-order valence-corrected chi connectivity index (χ2v) is 4.77. The van der Waals surface area contributed by atoms with Gasteiger partial charge in [-0.05, 0) is 23.6 Å². The van der Waals surface area contributed by atoms with Crippen LogP contribution in [0.2, 0.25) is 0 Å². The topological polar surface area (TPSA) is 33.6 Å². The van der Waals surface area contributed by atoms with E-state index in [0.717, 1.165) is 22.3 Å². The highest BCUT2D eigenvalue weighted by molar-refractivity contribution is 5.95. The van der Waals surface area contributed by atoms with Crippen molar-refractivity contribution in [1.82, 2.24) is 14.8 Å². The number of rotatable bonds is 1. The van der Waals surface area contributed by atoms with Crippen LogP contribution in [0.5, 0.6) is 0 Å². The maximum Gasteiger partial charge on any atom is 0.100 e. The minimum atomic E-state index is 1.04. The normalized spacial score (nSPS) is 11.4. The van der Waals surface area contributed by atoms with Gasteiger partial charge in [-0.1, -0.05) is 30.3 Å². The van der Waals surface area contributed by atoms with E-state index in [1.54, 1.807) is 0 Å². The molecule has 19 heavy (non-hydrogen) atoms. The summed E-state index contributed by atoms with van der Waals surface area (Å²) < 4.78 is 1.93. The van der Waals surface area contributed by atoms with Crippen molar-refractivity contribution in [3.8, 4) is 11.3 Å². The summed E-state index contributed by atoms with van der Waals surface area (Å²) in [6.07, 6.45) is 1.96. The van der Waals surface area contributed by atoms with Crippen LogP contribution in [0.3, 0.4) is 0 Å². The number of nitrogens with zero attached hydrogens (tertiary/aromatic N) is 2. The van der Waals surface area contributed by atoms with E-state index in [2.05, 4.69) is 52.5 Å². The largest absolute Gasteiger partial charge is 0.361 e. The van der Waals surface area contributed by atoms with Crippen molar-refractivity contribution in [1.29, 1.82) is 0 Å². The molecule has 0 aliphatic heterocycles. The molecule has 92 valence electrons. The molecule has 0 radical (unpaired) electrons. The molecule has 2 aromatic carbocycles. The molecule has 0 aliphatic carbocycles. The monoisotopic (exact) mass is 247 g/mol. The molecular formula is C16H13N3. The number of nitrogens with one attached hydrogen (secondary N) is 1. The quantitative estimate of drug-likeness (QED) is 0.546. The molecule has 4 aromatic rings. The molecular weight excluding hydrogens is 234 g/mol. The van der Waals surface area contributed by atoms with Crippen molar-refractivity contribution in [3.63, 3.8) is 0 Å². The van der Waals surface area contributed by atoms with Crippen molar-refractivity contribution in [3.05, 3.63) is 54.7 Å². The van der Waals surface area contributed by atoms with Gasteiger partial charge in [0.1, 0.15) is 5.69 Å². The molecule has 0 amide bonds. The molecule has 0 aliphatic rings. The van der Waals surface area contributed by atoms with Gasteiger partial charge in [-0.3, -0.25) is 4.68 Å². The van der Waals surface area contributed by atoms with Crippen LogP contribution in [-0.2, 0) is 7.05 Å². The van der Waals surface area contributed by atoms with Gasteiger partial charge in [-0.25, -0.2) is 0 Å². The number of benzene rings is 2. The van der Waals surface area contributed by atoms with Gasteiger partial charge in [0.2, 0.25) is 0 Å². The Morgan fingerprint density at radius 1 is 1.05 bits per heavy atom. The number of aromatic nitrogens is 3. The van der Waals surface area contributed by atoms with Gasteiger partial charge in [0, 0.05) is 29.7 Å². The Morgan fingerprint density at radius 2 is 1.95 bits per heavy atom. The molecule has 4 rings (SSSR count). The van der Waals surface area contributed by atoms with Gasteiger partial charge in [0.25, 0.3) is 0 Å². The zero-order valence-electron chi connectivity index (χ0n) is 10.6. The first-order valence-corrected chi connectivity index (χ1v) is 6.32. The highest BCUT2D eigenvalue weighted by Crippen LogP contribution is 2.29. The van der Waals surface area contributed by atoms with E-state index in [1.165, 1.54) is 10.8 Å². The summed E-state index contributed by atoms with van der Waals surface area (Å²) in [5.74, 6) is 0. The molecule has 3 heteroatoms. The van der Waals surface area contributed by atoms with Gasteiger partial charge in [0.15, 0.2) is 0 Å². The number of aromatic amines is 1. The van der Waals surface area contributed by atoms with Gasteiger partial charge in [-0.15, -0.1) is 0 Å². The summed E-state index contributed by atoms with van der Waals surface area (Å²) in [5, 5.41) is 7.07. The Balaban J connectivity index is 2.03. The van der Waals surface area contributed by atoms with E-state index >= 15 is 0 Å². The van der Waals surface area contributed by atoms with Crippen molar-refractivity contribution in [2.24, 2.45) is 7.05 Å². The fourth-order valence-corrected chi connectivity index (χ4v) is 2.62. The van der Waals surface area contributed by atoms with E-state index in [9.17, 15) is 0 Å². The summed E-state index contributed by atoms with van der Waals surface area (Å²) >= 11 is 0.